The van der Waals surface area contributed by atoms with E-state index in [9.17, 15) is 0 Å². The van der Waals surface area contributed by atoms with Gasteiger partial charge in [0.15, 0.2) is 5.82 Å². The van der Waals surface area contributed by atoms with Gasteiger partial charge in [0.2, 0.25) is 0 Å². The van der Waals surface area contributed by atoms with Gasteiger partial charge in [0.25, 0.3) is 0 Å². The van der Waals surface area contributed by atoms with Crippen molar-refractivity contribution in [2.24, 2.45) is 0 Å². The molecule has 0 saturated heterocycles. The molecule has 0 aliphatic rings. The van der Waals surface area contributed by atoms with Gasteiger partial charge in [-0.15, -0.1) is 0 Å². The first kappa shape index (κ1) is 52.2. The van der Waals surface area contributed by atoms with Crippen LogP contribution in [0.1, 0.15) is 0 Å². The number of hydrogen-bond acceptors (Lipinski definition) is 2. The molecule has 0 amide bonds. The third kappa shape index (κ3) is 7.96. The molecule has 20 rings (SSSR count). The molecule has 5 heterocycles. The molecular weight excluding hydrogens is 1140 g/mol. The summed E-state index contributed by atoms with van der Waals surface area (Å²) in [5.41, 5.74) is 22.3. The maximum atomic E-state index is 5.60. The Labute approximate surface area is 540 Å². The molecule has 6 nitrogen and oxygen atoms in total. The summed E-state index contributed by atoms with van der Waals surface area (Å²) in [6.45, 7) is 0. The largest absolute Gasteiger partial charge is 0.309 e. The van der Waals surface area contributed by atoms with E-state index in [0.29, 0.717) is 5.82 Å². The lowest BCUT2D eigenvalue weighted by Gasteiger charge is -2.14. The molecule has 20 aromatic rings. The highest BCUT2D eigenvalue weighted by atomic mass is 15.0. The fourth-order valence-corrected chi connectivity index (χ4v) is 15.4. The van der Waals surface area contributed by atoms with Crippen LogP contribution in [0.25, 0.3) is 187 Å². The second kappa shape index (κ2) is 20.4. The van der Waals surface area contributed by atoms with E-state index in [1.54, 1.807) is 0 Å². The van der Waals surface area contributed by atoms with Gasteiger partial charge in [0, 0.05) is 87.7 Å². The van der Waals surface area contributed by atoms with Crippen LogP contribution in [-0.2, 0) is 0 Å². The first-order chi connectivity index (χ1) is 46.6. The highest BCUT2D eigenvalue weighted by Gasteiger charge is 2.22. The van der Waals surface area contributed by atoms with Crippen LogP contribution >= 0.6 is 0 Å². The monoisotopic (exact) mass is 1190 g/mol. The van der Waals surface area contributed by atoms with E-state index in [-0.39, 0.29) is 0 Å². The predicted octanol–water partition coefficient (Wildman–Crippen LogP) is 23.0. The number of fused-ring (bicyclic) bond motifs is 16. The summed E-state index contributed by atoms with van der Waals surface area (Å²) >= 11 is 0. The first-order valence-electron chi connectivity index (χ1n) is 32.2. The van der Waals surface area contributed by atoms with Gasteiger partial charge >= 0.3 is 0 Å². The van der Waals surface area contributed by atoms with Gasteiger partial charge in [-0.25, -0.2) is 9.97 Å². The van der Waals surface area contributed by atoms with Crippen molar-refractivity contribution in [1.29, 1.82) is 0 Å². The van der Waals surface area contributed by atoms with E-state index < -0.39 is 0 Å². The minimum absolute atomic E-state index is 0.679. The molecule has 0 atom stereocenters. The zero-order valence-electron chi connectivity index (χ0n) is 50.9. The predicted molar refractivity (Wildman–Crippen MR) is 394 cm³/mol. The van der Waals surface area contributed by atoms with Gasteiger partial charge in [-0.1, -0.05) is 206 Å². The van der Waals surface area contributed by atoms with Crippen LogP contribution in [-0.4, -0.2) is 28.2 Å². The van der Waals surface area contributed by atoms with E-state index in [4.69, 9.17) is 9.97 Å². The fraction of sp³-hybridized carbons (Fsp3) is 0. The normalized spacial score (nSPS) is 12.0. The standard InChI is InChI=1S/C88H54N6/c1-3-20-64(21-4-1)91-80-32-15-11-28-71(80)76-51-58(40-46-82(76)91)60-38-43-73-69-26-9-13-30-78(69)93(84(73)53-60)66-24-17-19-62(50-66)86-75-45-37-55-18-7-8-25-68(55)87(75)90-88(89-86)63-35-34-57-49-67(42-36-56(57)48-63)94-79-31-14-10-27-70(79)74-44-39-61(54-85(74)94)59-41-47-83-77(52-59)72-29-12-16-33-81(72)92(83)65-22-5-2-6-23-65/h1-54H. The summed E-state index contributed by atoms with van der Waals surface area (Å²) in [6.07, 6.45) is 0. The molecule has 0 spiro atoms. The zero-order valence-corrected chi connectivity index (χ0v) is 50.9. The van der Waals surface area contributed by atoms with Crippen LogP contribution in [0.3, 0.4) is 0 Å². The van der Waals surface area contributed by atoms with E-state index in [1.165, 1.54) is 87.4 Å². The van der Waals surface area contributed by atoms with Crippen molar-refractivity contribution in [3.63, 3.8) is 0 Å². The Morgan fingerprint density at radius 3 is 1.15 bits per heavy atom. The van der Waals surface area contributed by atoms with Crippen molar-refractivity contribution in [3.05, 3.63) is 328 Å². The van der Waals surface area contributed by atoms with Crippen molar-refractivity contribution in [1.82, 2.24) is 28.2 Å². The summed E-state index contributed by atoms with van der Waals surface area (Å²) < 4.78 is 9.62. The Morgan fingerprint density at radius 1 is 0.181 bits per heavy atom. The molecule has 15 aromatic carbocycles. The summed E-state index contributed by atoms with van der Waals surface area (Å²) in [7, 11) is 0. The van der Waals surface area contributed by atoms with Gasteiger partial charge < -0.3 is 18.3 Å². The summed E-state index contributed by atoms with van der Waals surface area (Å²) in [4.78, 5) is 11.1. The van der Waals surface area contributed by atoms with Gasteiger partial charge in [-0.3, -0.25) is 0 Å². The number of aromatic nitrogens is 6. The molecule has 436 valence electrons. The molecule has 0 fully saturated rings. The van der Waals surface area contributed by atoms with E-state index in [0.717, 1.165) is 94.1 Å². The Balaban J connectivity index is 0.693. The molecule has 94 heavy (non-hydrogen) atoms. The lowest BCUT2D eigenvalue weighted by molar-refractivity contribution is 1.18. The quantitative estimate of drug-likeness (QED) is 0.142. The maximum absolute atomic E-state index is 5.60. The molecule has 0 saturated carbocycles. The Morgan fingerprint density at radius 2 is 0.574 bits per heavy atom. The minimum Gasteiger partial charge on any atom is -0.309 e. The van der Waals surface area contributed by atoms with Crippen molar-refractivity contribution in [2.45, 2.75) is 0 Å². The lowest BCUT2D eigenvalue weighted by atomic mass is 10.00. The lowest BCUT2D eigenvalue weighted by Crippen LogP contribution is -1.98. The van der Waals surface area contributed by atoms with Gasteiger partial charge in [0.05, 0.1) is 55.3 Å². The van der Waals surface area contributed by atoms with Crippen LogP contribution < -0.4 is 0 Å². The third-order valence-electron chi connectivity index (χ3n) is 19.7. The maximum Gasteiger partial charge on any atom is 0.160 e. The SMILES string of the molecule is c1ccc(-n2c3ccccc3c3cc(-c4ccc5c6ccccc6n(-c6cccc(-c7nc(-c8ccc9cc(-n%10c%11ccccc%11c%11ccc(-c%12ccc%13c(c%12)c%12ccccc%12n%13-c%12ccccc%12)cc%11%10)ccc9c8)nc8c7ccc7ccccc78)c6)c5c4)ccc32)cc1. The molecule has 0 aliphatic heterocycles. The average molecular weight is 1200 g/mol. The fourth-order valence-electron chi connectivity index (χ4n) is 15.4. The molecule has 6 heteroatoms. The summed E-state index contributed by atoms with van der Waals surface area (Å²) in [6, 6.07) is 120. The van der Waals surface area contributed by atoms with Crippen LogP contribution in [0.2, 0.25) is 0 Å². The van der Waals surface area contributed by atoms with Gasteiger partial charge in [-0.2, -0.15) is 0 Å². The van der Waals surface area contributed by atoms with Crippen molar-refractivity contribution >= 4 is 120 Å². The van der Waals surface area contributed by atoms with Crippen LogP contribution in [0.15, 0.2) is 328 Å². The Hall–Kier alpha value is -12.6. The highest BCUT2D eigenvalue weighted by Crippen LogP contribution is 2.43. The summed E-state index contributed by atoms with van der Waals surface area (Å²) in [5, 5.41) is 15.3. The average Bonchev–Trinajstić information content (AvgIpc) is 1.85. The van der Waals surface area contributed by atoms with E-state index in [2.05, 4.69) is 346 Å². The number of hydrogen-bond donors (Lipinski definition) is 0. The van der Waals surface area contributed by atoms with E-state index in [1.807, 2.05) is 0 Å². The van der Waals surface area contributed by atoms with E-state index >= 15 is 0 Å². The second-order valence-electron chi connectivity index (χ2n) is 24.9. The zero-order chi connectivity index (χ0) is 61.5. The topological polar surface area (TPSA) is 45.5 Å². The van der Waals surface area contributed by atoms with Crippen LogP contribution in [0.4, 0.5) is 0 Å². The van der Waals surface area contributed by atoms with Crippen LogP contribution in [0.5, 0.6) is 0 Å². The molecule has 0 aliphatic carbocycles. The van der Waals surface area contributed by atoms with Crippen molar-refractivity contribution < 1.29 is 0 Å². The smallest absolute Gasteiger partial charge is 0.160 e. The Bertz CT molecular complexity index is 6540. The van der Waals surface area contributed by atoms with Gasteiger partial charge in [-0.05, 0) is 160 Å². The summed E-state index contributed by atoms with van der Waals surface area (Å²) in [5.74, 6) is 0.679. The Kier molecular flexibility index (Phi) is 11.3. The highest BCUT2D eigenvalue weighted by molar-refractivity contribution is 6.16. The third-order valence-corrected chi connectivity index (χ3v) is 19.7. The number of benzene rings is 15. The van der Waals surface area contributed by atoms with Crippen molar-refractivity contribution in [3.8, 4) is 67.6 Å². The number of rotatable bonds is 8. The molecule has 0 radical (unpaired) electrons. The van der Waals surface area contributed by atoms with Gasteiger partial charge in [0.1, 0.15) is 0 Å². The minimum atomic E-state index is 0.679. The molecule has 0 unspecified atom stereocenters. The number of para-hydroxylation sites is 6. The van der Waals surface area contributed by atoms with Crippen molar-refractivity contribution in [2.75, 3.05) is 0 Å². The molecular formula is C88H54N6. The molecule has 0 N–H and O–H groups in total. The molecule has 5 aromatic heterocycles. The van der Waals surface area contributed by atoms with Crippen LogP contribution in [0, 0.1) is 0 Å². The molecule has 0 bridgehead atoms. The first-order valence-corrected chi connectivity index (χ1v) is 32.2. The number of nitrogens with zero attached hydrogens (tertiary/aromatic N) is 6. The second-order valence-corrected chi connectivity index (χ2v) is 24.9.